The van der Waals surface area contributed by atoms with Crippen molar-refractivity contribution in [2.75, 3.05) is 13.1 Å². The van der Waals surface area contributed by atoms with Crippen molar-refractivity contribution in [1.82, 2.24) is 4.90 Å². The standard InChI is InChI=1S/C18H22ClNO4/c1-11-2-5-13(8-14(11)19)16(22)20-7-6-15(21)18(10-20,17(23)24)9-12-3-4-12/h2,5,8,12,15,21H,3-4,6-7,9-10H2,1H3,(H,23,24)/t15-,18+/m0/s1. The number of amides is 1. The van der Waals surface area contributed by atoms with E-state index in [0.717, 1.165) is 18.4 Å². The van der Waals surface area contributed by atoms with Crippen molar-refractivity contribution in [3.05, 3.63) is 34.3 Å². The topological polar surface area (TPSA) is 77.8 Å². The van der Waals surface area contributed by atoms with Gasteiger partial charge in [0.05, 0.1) is 6.10 Å². The number of benzene rings is 1. The van der Waals surface area contributed by atoms with Gasteiger partial charge in [-0.2, -0.15) is 0 Å². The maximum Gasteiger partial charge on any atom is 0.314 e. The highest BCUT2D eigenvalue weighted by Gasteiger charge is 2.52. The van der Waals surface area contributed by atoms with Gasteiger partial charge in [-0.15, -0.1) is 0 Å². The van der Waals surface area contributed by atoms with E-state index in [2.05, 4.69) is 0 Å². The predicted octanol–water partition coefficient (Wildman–Crippen LogP) is 2.73. The Bertz CT molecular complexity index is 673. The predicted molar refractivity (Wildman–Crippen MR) is 90.1 cm³/mol. The Labute approximate surface area is 146 Å². The first kappa shape index (κ1) is 17.2. The molecule has 1 saturated carbocycles. The van der Waals surface area contributed by atoms with Crippen LogP contribution in [0.5, 0.6) is 0 Å². The molecule has 0 radical (unpaired) electrons. The Hall–Kier alpha value is -1.59. The van der Waals surface area contributed by atoms with Gasteiger partial charge in [-0.25, -0.2) is 0 Å². The number of piperidine rings is 1. The quantitative estimate of drug-likeness (QED) is 0.874. The molecule has 2 atom stereocenters. The molecule has 0 aromatic heterocycles. The molecule has 1 aromatic carbocycles. The van der Waals surface area contributed by atoms with Gasteiger partial charge in [0, 0.05) is 23.7 Å². The number of carbonyl (C=O) groups excluding carboxylic acids is 1. The van der Waals surface area contributed by atoms with E-state index in [0.29, 0.717) is 29.5 Å². The molecule has 2 N–H and O–H groups in total. The fourth-order valence-corrected chi connectivity index (χ4v) is 3.68. The lowest BCUT2D eigenvalue weighted by atomic mass is 9.73. The van der Waals surface area contributed by atoms with Gasteiger partial charge in [-0.05, 0) is 43.4 Å². The van der Waals surface area contributed by atoms with Crippen molar-refractivity contribution in [2.45, 2.75) is 38.7 Å². The van der Waals surface area contributed by atoms with Gasteiger partial charge in [-0.3, -0.25) is 9.59 Å². The first-order valence-corrected chi connectivity index (χ1v) is 8.68. The molecule has 2 fully saturated rings. The number of aliphatic hydroxyl groups excluding tert-OH is 1. The number of aryl methyl sites for hydroxylation is 1. The molecule has 5 nitrogen and oxygen atoms in total. The van der Waals surface area contributed by atoms with Crippen LogP contribution in [0, 0.1) is 18.3 Å². The summed E-state index contributed by atoms with van der Waals surface area (Å²) in [6, 6.07) is 5.11. The fourth-order valence-electron chi connectivity index (χ4n) is 3.50. The van der Waals surface area contributed by atoms with E-state index < -0.39 is 17.5 Å². The average Bonchev–Trinajstić information content (AvgIpc) is 3.35. The van der Waals surface area contributed by atoms with Gasteiger partial charge >= 0.3 is 5.97 Å². The molecule has 1 heterocycles. The highest BCUT2D eigenvalue weighted by molar-refractivity contribution is 6.31. The van der Waals surface area contributed by atoms with E-state index in [1.807, 2.05) is 6.92 Å². The zero-order valence-electron chi connectivity index (χ0n) is 13.7. The first-order chi connectivity index (χ1) is 11.3. The fraction of sp³-hybridized carbons (Fsp3) is 0.556. The molecule has 1 aliphatic heterocycles. The molecular formula is C18H22ClNO4. The smallest absolute Gasteiger partial charge is 0.314 e. The SMILES string of the molecule is Cc1ccc(C(=O)N2CC[C@H](O)[C@](CC3CC3)(C(=O)O)C2)cc1Cl. The molecule has 0 unspecified atom stereocenters. The summed E-state index contributed by atoms with van der Waals surface area (Å²) in [6.07, 6.45) is 1.81. The van der Waals surface area contributed by atoms with E-state index in [1.165, 1.54) is 0 Å². The highest BCUT2D eigenvalue weighted by atomic mass is 35.5. The largest absolute Gasteiger partial charge is 0.481 e. The molecule has 3 rings (SSSR count). The van der Waals surface area contributed by atoms with E-state index in [4.69, 9.17) is 11.6 Å². The highest BCUT2D eigenvalue weighted by Crippen LogP contribution is 2.45. The second kappa shape index (κ2) is 6.37. The molecule has 1 amide bonds. The third-order valence-electron chi connectivity index (χ3n) is 5.27. The minimum atomic E-state index is -1.26. The Morgan fingerprint density at radius 1 is 1.33 bits per heavy atom. The molecular weight excluding hydrogens is 330 g/mol. The lowest BCUT2D eigenvalue weighted by molar-refractivity contribution is -0.163. The van der Waals surface area contributed by atoms with Crippen LogP contribution >= 0.6 is 11.6 Å². The maximum atomic E-state index is 12.8. The van der Waals surface area contributed by atoms with Gasteiger partial charge < -0.3 is 15.1 Å². The number of hydrogen-bond acceptors (Lipinski definition) is 3. The molecule has 0 spiro atoms. The molecule has 0 bridgehead atoms. The normalized spacial score (nSPS) is 27.1. The van der Waals surface area contributed by atoms with Crippen LogP contribution in [0.4, 0.5) is 0 Å². The second-order valence-corrected chi connectivity index (χ2v) is 7.51. The van der Waals surface area contributed by atoms with Crippen molar-refractivity contribution in [3.8, 4) is 0 Å². The molecule has 1 saturated heterocycles. The van der Waals surface area contributed by atoms with Crippen molar-refractivity contribution in [2.24, 2.45) is 11.3 Å². The average molecular weight is 352 g/mol. The van der Waals surface area contributed by atoms with Gasteiger partial charge in [0.2, 0.25) is 0 Å². The lowest BCUT2D eigenvalue weighted by Gasteiger charge is -2.43. The number of carboxylic acids is 1. The summed E-state index contributed by atoms with van der Waals surface area (Å²) in [7, 11) is 0. The number of halogens is 1. The summed E-state index contributed by atoms with van der Waals surface area (Å²) in [4.78, 5) is 26.3. The zero-order valence-corrected chi connectivity index (χ0v) is 14.4. The molecule has 1 aliphatic carbocycles. The Morgan fingerprint density at radius 2 is 2.04 bits per heavy atom. The number of aliphatic hydroxyl groups is 1. The summed E-state index contributed by atoms with van der Waals surface area (Å²) in [5, 5.41) is 20.7. The molecule has 1 aromatic rings. The van der Waals surface area contributed by atoms with E-state index in [-0.39, 0.29) is 18.9 Å². The van der Waals surface area contributed by atoms with Gasteiger partial charge in [-0.1, -0.05) is 30.5 Å². The van der Waals surface area contributed by atoms with Crippen molar-refractivity contribution in [3.63, 3.8) is 0 Å². The van der Waals surface area contributed by atoms with Gasteiger partial charge in [0.1, 0.15) is 5.41 Å². The number of carbonyl (C=O) groups is 2. The van der Waals surface area contributed by atoms with Crippen molar-refractivity contribution in [1.29, 1.82) is 0 Å². The molecule has 24 heavy (non-hydrogen) atoms. The zero-order chi connectivity index (χ0) is 17.5. The molecule has 2 aliphatic rings. The summed E-state index contributed by atoms with van der Waals surface area (Å²) in [5.41, 5.74) is 0.0763. The van der Waals surface area contributed by atoms with Gasteiger partial charge in [0.25, 0.3) is 5.91 Å². The van der Waals surface area contributed by atoms with Crippen LogP contribution in [-0.2, 0) is 4.79 Å². The molecule has 130 valence electrons. The number of nitrogens with zero attached hydrogens (tertiary/aromatic N) is 1. The van der Waals surface area contributed by atoms with Crippen LogP contribution in [0.25, 0.3) is 0 Å². The summed E-state index contributed by atoms with van der Waals surface area (Å²) >= 11 is 6.10. The Balaban J connectivity index is 1.84. The minimum Gasteiger partial charge on any atom is -0.481 e. The number of hydrogen-bond donors (Lipinski definition) is 2. The van der Waals surface area contributed by atoms with E-state index >= 15 is 0 Å². The van der Waals surface area contributed by atoms with Crippen LogP contribution < -0.4 is 0 Å². The van der Waals surface area contributed by atoms with Crippen molar-refractivity contribution < 1.29 is 19.8 Å². The van der Waals surface area contributed by atoms with Crippen LogP contribution in [0.15, 0.2) is 18.2 Å². The number of likely N-dealkylation sites (tertiary alicyclic amines) is 1. The third-order valence-corrected chi connectivity index (χ3v) is 5.67. The minimum absolute atomic E-state index is 0.0460. The Kier molecular flexibility index (Phi) is 4.58. The summed E-state index contributed by atoms with van der Waals surface area (Å²) in [5.74, 6) is -0.897. The van der Waals surface area contributed by atoms with E-state index in [1.54, 1.807) is 23.1 Å². The maximum absolute atomic E-state index is 12.8. The van der Waals surface area contributed by atoms with Crippen LogP contribution in [0.1, 0.15) is 41.6 Å². The monoisotopic (exact) mass is 351 g/mol. The number of carboxylic acid groups (broad SMARTS) is 1. The van der Waals surface area contributed by atoms with Crippen LogP contribution in [-0.4, -0.2) is 46.2 Å². The summed E-state index contributed by atoms with van der Waals surface area (Å²) < 4.78 is 0. The lowest BCUT2D eigenvalue weighted by Crippen LogP contribution is -2.57. The summed E-state index contributed by atoms with van der Waals surface area (Å²) in [6.45, 7) is 2.26. The molecule has 6 heteroatoms. The Morgan fingerprint density at radius 3 is 2.62 bits per heavy atom. The third kappa shape index (κ3) is 3.15. The van der Waals surface area contributed by atoms with E-state index in [9.17, 15) is 19.8 Å². The van der Waals surface area contributed by atoms with Crippen molar-refractivity contribution >= 4 is 23.5 Å². The van der Waals surface area contributed by atoms with Crippen LogP contribution in [0.2, 0.25) is 5.02 Å². The number of aliphatic carboxylic acids is 1. The first-order valence-electron chi connectivity index (χ1n) is 8.30. The second-order valence-electron chi connectivity index (χ2n) is 7.10. The van der Waals surface area contributed by atoms with Gasteiger partial charge in [0.15, 0.2) is 0 Å². The van der Waals surface area contributed by atoms with Crippen LogP contribution in [0.3, 0.4) is 0 Å². The number of rotatable bonds is 4.